The zero-order chi connectivity index (χ0) is 17.3. The van der Waals surface area contributed by atoms with Crippen LogP contribution in [0.5, 0.6) is 0 Å². The number of aromatic amines is 1. The Kier molecular flexibility index (Phi) is 3.01. The summed E-state index contributed by atoms with van der Waals surface area (Å²) in [5, 5.41) is 12.8. The van der Waals surface area contributed by atoms with Crippen LogP contribution in [0.1, 0.15) is 24.6 Å². The number of esters is 1. The lowest BCUT2D eigenvalue weighted by molar-refractivity contribution is -0.221. The molecule has 0 spiro atoms. The fraction of sp³-hybridized carbons (Fsp3) is 0.450. The van der Waals surface area contributed by atoms with Crippen molar-refractivity contribution in [2.45, 2.75) is 31.5 Å². The van der Waals surface area contributed by atoms with E-state index in [0.717, 1.165) is 28.6 Å². The minimum Gasteiger partial charge on any atom is -0.469 e. The number of H-pyrrole nitrogens is 1. The molecule has 3 saturated heterocycles. The Bertz CT molecular complexity index is 915. The van der Waals surface area contributed by atoms with Gasteiger partial charge in [-0.2, -0.15) is 0 Å². The van der Waals surface area contributed by atoms with Crippen LogP contribution in [-0.4, -0.2) is 40.7 Å². The van der Waals surface area contributed by atoms with Gasteiger partial charge in [-0.3, -0.25) is 9.69 Å². The second-order valence-electron chi connectivity index (χ2n) is 7.46. The Morgan fingerprint density at radius 1 is 1.44 bits per heavy atom. The predicted molar refractivity (Wildman–Crippen MR) is 93.8 cm³/mol. The Balaban J connectivity index is 1.73. The smallest absolute Gasteiger partial charge is 0.310 e. The summed E-state index contributed by atoms with van der Waals surface area (Å²) in [5.41, 5.74) is 3.31. The van der Waals surface area contributed by atoms with Crippen molar-refractivity contribution < 1.29 is 14.6 Å². The number of nitrogens with one attached hydrogen (secondary N) is 1. The van der Waals surface area contributed by atoms with Crippen LogP contribution < -0.4 is 0 Å². The maximum Gasteiger partial charge on any atom is 0.310 e. The Labute approximate surface area is 146 Å². The van der Waals surface area contributed by atoms with E-state index in [1.165, 1.54) is 12.7 Å². The number of hydrogen-bond acceptors (Lipinski definition) is 4. The van der Waals surface area contributed by atoms with E-state index in [1.807, 2.05) is 25.1 Å². The van der Waals surface area contributed by atoms with Gasteiger partial charge in [-0.15, -0.1) is 0 Å². The number of benzene rings is 1. The minimum absolute atomic E-state index is 0.0217. The number of hydrogen-bond donors (Lipinski definition) is 2. The van der Waals surface area contributed by atoms with Crippen molar-refractivity contribution in [1.82, 2.24) is 9.88 Å². The number of para-hydroxylation sites is 1. The number of rotatable bonds is 1. The number of ether oxygens (including phenoxy) is 1. The van der Waals surface area contributed by atoms with Crippen molar-refractivity contribution in [1.29, 1.82) is 0 Å². The molecule has 0 radical (unpaired) electrons. The molecule has 25 heavy (non-hydrogen) atoms. The Morgan fingerprint density at radius 3 is 3.00 bits per heavy atom. The van der Waals surface area contributed by atoms with Gasteiger partial charge in [0.2, 0.25) is 0 Å². The van der Waals surface area contributed by atoms with Crippen LogP contribution in [0.25, 0.3) is 10.9 Å². The maximum atomic E-state index is 12.6. The fourth-order valence-electron chi connectivity index (χ4n) is 5.42. The summed E-state index contributed by atoms with van der Waals surface area (Å²) in [6.45, 7) is 2.73. The van der Waals surface area contributed by atoms with Gasteiger partial charge < -0.3 is 14.8 Å². The topological polar surface area (TPSA) is 65.6 Å². The van der Waals surface area contributed by atoms with E-state index in [-0.39, 0.29) is 23.8 Å². The number of methoxy groups -OCH3 is 1. The Morgan fingerprint density at radius 2 is 2.24 bits per heavy atom. The summed E-state index contributed by atoms with van der Waals surface area (Å²) >= 11 is 0. The lowest BCUT2D eigenvalue weighted by atomic mass is 9.62. The third kappa shape index (κ3) is 1.77. The highest BCUT2D eigenvalue weighted by molar-refractivity contribution is 5.86. The molecule has 1 aromatic heterocycles. The monoisotopic (exact) mass is 338 g/mol. The van der Waals surface area contributed by atoms with Crippen LogP contribution in [0.15, 0.2) is 35.9 Å². The van der Waals surface area contributed by atoms with Crippen molar-refractivity contribution >= 4 is 16.9 Å². The predicted octanol–water partition coefficient (Wildman–Crippen LogP) is 2.31. The third-order valence-electron chi connectivity index (χ3n) is 6.53. The van der Waals surface area contributed by atoms with Crippen molar-refractivity contribution in [3.63, 3.8) is 0 Å². The van der Waals surface area contributed by atoms with Crippen molar-refractivity contribution in [2.75, 3.05) is 13.7 Å². The summed E-state index contributed by atoms with van der Waals surface area (Å²) in [7, 11) is 1.46. The summed E-state index contributed by atoms with van der Waals surface area (Å²) in [6.07, 6.45) is 3.38. The normalized spacial score (nSPS) is 37.3. The third-order valence-corrected chi connectivity index (χ3v) is 6.53. The number of nitrogens with zero attached hydrogens (tertiary/aromatic N) is 1. The summed E-state index contributed by atoms with van der Waals surface area (Å²) in [4.78, 5) is 18.1. The SMILES string of the molecule is CC=C1CN2[C@H]3Cc4c([nH]c5ccccc45)[C@]2(O)C[C@@H]1[C@H]3C(=O)OC. The molecular weight excluding hydrogens is 316 g/mol. The quantitative estimate of drug-likeness (QED) is 0.619. The van der Waals surface area contributed by atoms with E-state index in [0.29, 0.717) is 13.0 Å². The van der Waals surface area contributed by atoms with Crippen molar-refractivity contribution in [3.8, 4) is 0 Å². The highest BCUT2D eigenvalue weighted by Gasteiger charge is 2.62. The van der Waals surface area contributed by atoms with Gasteiger partial charge in [0.15, 0.2) is 5.72 Å². The van der Waals surface area contributed by atoms with Gasteiger partial charge in [0, 0.05) is 35.8 Å². The second-order valence-corrected chi connectivity index (χ2v) is 7.46. The zero-order valence-corrected chi connectivity index (χ0v) is 14.5. The zero-order valence-electron chi connectivity index (χ0n) is 14.5. The fourth-order valence-corrected chi connectivity index (χ4v) is 5.42. The average molecular weight is 338 g/mol. The van der Waals surface area contributed by atoms with Gasteiger partial charge in [-0.05, 0) is 25.0 Å². The first kappa shape index (κ1) is 15.2. The maximum absolute atomic E-state index is 12.6. The first-order valence-corrected chi connectivity index (χ1v) is 8.90. The van der Waals surface area contributed by atoms with Gasteiger partial charge in [0.25, 0.3) is 0 Å². The Hall–Kier alpha value is -2.11. The lowest BCUT2D eigenvalue weighted by Gasteiger charge is -2.61. The van der Waals surface area contributed by atoms with Crippen LogP contribution in [0.3, 0.4) is 0 Å². The largest absolute Gasteiger partial charge is 0.469 e. The molecule has 130 valence electrons. The molecule has 0 saturated carbocycles. The molecule has 5 heterocycles. The number of carbonyl (C=O) groups is 1. The van der Waals surface area contributed by atoms with E-state index in [2.05, 4.69) is 22.0 Å². The lowest BCUT2D eigenvalue weighted by Crippen LogP contribution is -2.69. The number of carbonyl (C=O) groups excluding carboxylic acids is 1. The van der Waals surface area contributed by atoms with E-state index < -0.39 is 5.72 Å². The van der Waals surface area contributed by atoms with Crippen LogP contribution >= 0.6 is 0 Å². The molecule has 1 unspecified atom stereocenters. The van der Waals surface area contributed by atoms with Crippen LogP contribution in [0, 0.1) is 11.8 Å². The van der Waals surface area contributed by atoms with Crippen LogP contribution in [0.4, 0.5) is 0 Å². The molecule has 2 aromatic rings. The average Bonchev–Trinajstić information content (AvgIpc) is 3.00. The molecule has 6 rings (SSSR count). The highest BCUT2D eigenvalue weighted by atomic mass is 16.5. The first-order chi connectivity index (χ1) is 12.1. The molecule has 3 fully saturated rings. The highest BCUT2D eigenvalue weighted by Crippen LogP contribution is 2.56. The molecular formula is C20H22N2O3. The van der Waals surface area contributed by atoms with Gasteiger partial charge in [-0.25, -0.2) is 0 Å². The standard InChI is InChI=1S/C20H22N2O3/c1-3-11-10-22-16-8-13-12-6-4-5-7-15(12)21-18(13)20(22,24)9-14(11)17(16)19(23)25-2/h3-7,14,16-17,21,24H,8-10H2,1-2H3/t14-,16-,17+,20+/m0/s1. The van der Waals surface area contributed by atoms with E-state index >= 15 is 0 Å². The van der Waals surface area contributed by atoms with E-state index in [9.17, 15) is 9.90 Å². The molecule has 0 aliphatic carbocycles. The molecule has 1 aromatic carbocycles. The van der Waals surface area contributed by atoms with Gasteiger partial charge in [0.05, 0.1) is 18.7 Å². The number of aliphatic hydroxyl groups is 1. The van der Waals surface area contributed by atoms with Gasteiger partial charge >= 0.3 is 5.97 Å². The molecule has 2 N–H and O–H groups in total. The van der Waals surface area contributed by atoms with Crippen LogP contribution in [0.2, 0.25) is 0 Å². The number of aromatic nitrogens is 1. The molecule has 5 atom stereocenters. The van der Waals surface area contributed by atoms with Gasteiger partial charge in [0.1, 0.15) is 0 Å². The van der Waals surface area contributed by atoms with Crippen LogP contribution in [-0.2, 0) is 21.7 Å². The second kappa shape index (κ2) is 4.96. The molecule has 4 bridgehead atoms. The van der Waals surface area contributed by atoms with Crippen molar-refractivity contribution in [3.05, 3.63) is 47.2 Å². The number of fused-ring (bicyclic) bond motifs is 4. The summed E-state index contributed by atoms with van der Waals surface area (Å²) in [5.74, 6) is -0.339. The molecule has 0 amide bonds. The number of allylic oxidation sites excluding steroid dienone is 1. The first-order valence-electron chi connectivity index (χ1n) is 8.90. The summed E-state index contributed by atoms with van der Waals surface area (Å²) < 4.78 is 5.13. The van der Waals surface area contributed by atoms with Gasteiger partial charge in [-0.1, -0.05) is 29.8 Å². The molecule has 4 aliphatic rings. The van der Waals surface area contributed by atoms with E-state index in [1.54, 1.807) is 0 Å². The molecule has 4 aliphatic heterocycles. The van der Waals surface area contributed by atoms with Crippen molar-refractivity contribution in [2.24, 2.45) is 11.8 Å². The molecule has 5 heteroatoms. The summed E-state index contributed by atoms with van der Waals surface area (Å²) in [6, 6.07) is 8.14. The van der Waals surface area contributed by atoms with E-state index in [4.69, 9.17) is 4.74 Å². The number of piperidine rings is 3. The minimum atomic E-state index is -1.03. The molecule has 5 nitrogen and oxygen atoms in total.